The van der Waals surface area contributed by atoms with Crippen molar-refractivity contribution in [1.29, 1.82) is 0 Å². The summed E-state index contributed by atoms with van der Waals surface area (Å²) in [6, 6.07) is 8.27. The van der Waals surface area contributed by atoms with Crippen LogP contribution in [0.1, 0.15) is 19.4 Å². The van der Waals surface area contributed by atoms with Crippen molar-refractivity contribution in [1.82, 2.24) is 4.72 Å². The van der Waals surface area contributed by atoms with Crippen LogP contribution >= 0.6 is 0 Å². The molecule has 2 N–H and O–H groups in total. The second-order valence-corrected chi connectivity index (χ2v) is 6.91. The Morgan fingerprint density at radius 2 is 1.90 bits per heavy atom. The van der Waals surface area contributed by atoms with E-state index in [1.165, 1.54) is 0 Å². The van der Waals surface area contributed by atoms with Crippen LogP contribution in [0.4, 0.5) is 0 Å². The van der Waals surface area contributed by atoms with Crippen molar-refractivity contribution in [3.63, 3.8) is 0 Å². The van der Waals surface area contributed by atoms with Crippen molar-refractivity contribution in [2.24, 2.45) is 5.92 Å². The van der Waals surface area contributed by atoms with E-state index in [9.17, 15) is 13.2 Å². The highest BCUT2D eigenvalue weighted by molar-refractivity contribution is 7.89. The van der Waals surface area contributed by atoms with Gasteiger partial charge in [0.25, 0.3) is 0 Å². The van der Waals surface area contributed by atoms with Gasteiger partial charge in [-0.25, -0.2) is 13.1 Å². The van der Waals surface area contributed by atoms with E-state index in [4.69, 9.17) is 9.84 Å². The van der Waals surface area contributed by atoms with Crippen LogP contribution in [-0.2, 0) is 26.2 Å². The average Bonchev–Trinajstić information content (AvgIpc) is 2.42. The second kappa shape index (κ2) is 8.11. The summed E-state index contributed by atoms with van der Waals surface area (Å²) < 4.78 is 31.1. The molecule has 0 saturated heterocycles. The summed E-state index contributed by atoms with van der Waals surface area (Å²) in [5.41, 5.74) is 0.952. The lowest BCUT2D eigenvalue weighted by Crippen LogP contribution is -2.45. The van der Waals surface area contributed by atoms with Gasteiger partial charge in [-0.3, -0.25) is 4.79 Å². The van der Waals surface area contributed by atoms with E-state index in [0.29, 0.717) is 6.61 Å². The molecular formula is C14H21NO5S. The van der Waals surface area contributed by atoms with Crippen LogP contribution in [0, 0.1) is 5.92 Å². The molecule has 1 atom stereocenters. The highest BCUT2D eigenvalue weighted by atomic mass is 32.2. The first-order valence-corrected chi connectivity index (χ1v) is 8.31. The summed E-state index contributed by atoms with van der Waals surface area (Å²) in [6.07, 6.45) is 0. The molecule has 0 radical (unpaired) electrons. The lowest BCUT2D eigenvalue weighted by atomic mass is 10.1. The minimum absolute atomic E-state index is 0.00859. The Morgan fingerprint density at radius 1 is 1.29 bits per heavy atom. The molecule has 1 unspecified atom stereocenters. The van der Waals surface area contributed by atoms with Crippen LogP contribution in [0.5, 0.6) is 0 Å². The number of benzene rings is 1. The molecule has 0 spiro atoms. The maximum Gasteiger partial charge on any atom is 0.321 e. The zero-order valence-electron chi connectivity index (χ0n) is 12.2. The molecule has 0 bridgehead atoms. The minimum atomic E-state index is -3.68. The molecule has 0 aliphatic heterocycles. The number of aliphatic carboxylic acids is 1. The number of nitrogens with one attached hydrogen (secondary N) is 1. The molecule has 0 heterocycles. The molecule has 7 heteroatoms. The van der Waals surface area contributed by atoms with E-state index >= 15 is 0 Å². The van der Waals surface area contributed by atoms with E-state index in [1.54, 1.807) is 13.8 Å². The van der Waals surface area contributed by atoms with Gasteiger partial charge in [0.15, 0.2) is 0 Å². The first kappa shape index (κ1) is 17.6. The smallest absolute Gasteiger partial charge is 0.321 e. The molecule has 0 amide bonds. The molecule has 0 fully saturated rings. The molecule has 1 rings (SSSR count). The quantitative estimate of drug-likeness (QED) is 0.669. The molecule has 0 aromatic heterocycles. The first-order chi connectivity index (χ1) is 9.82. The predicted octanol–water partition coefficient (Wildman–Crippen LogP) is 1.23. The van der Waals surface area contributed by atoms with Gasteiger partial charge in [-0.2, -0.15) is 0 Å². The van der Waals surface area contributed by atoms with Crippen molar-refractivity contribution in [3.05, 3.63) is 35.9 Å². The SMILES string of the molecule is CC(C)C(NS(=O)(=O)CCOCc1ccccc1)C(=O)O. The Kier molecular flexibility index (Phi) is 6.80. The van der Waals surface area contributed by atoms with Gasteiger partial charge in [0.2, 0.25) is 10.0 Å². The van der Waals surface area contributed by atoms with Gasteiger partial charge in [0.05, 0.1) is 19.0 Å². The van der Waals surface area contributed by atoms with Gasteiger partial charge in [-0.15, -0.1) is 0 Å². The van der Waals surface area contributed by atoms with Crippen LogP contribution < -0.4 is 4.72 Å². The number of ether oxygens (including phenoxy) is 1. The van der Waals surface area contributed by atoms with Crippen LogP contribution in [0.3, 0.4) is 0 Å². The molecule has 0 aliphatic carbocycles. The summed E-state index contributed by atoms with van der Waals surface area (Å²) in [5.74, 6) is -1.78. The van der Waals surface area contributed by atoms with Gasteiger partial charge in [0, 0.05) is 0 Å². The third-order valence-electron chi connectivity index (χ3n) is 2.85. The van der Waals surface area contributed by atoms with Crippen molar-refractivity contribution in [3.8, 4) is 0 Å². The Hall–Kier alpha value is -1.44. The fourth-order valence-electron chi connectivity index (χ4n) is 1.66. The lowest BCUT2D eigenvalue weighted by molar-refractivity contribution is -0.140. The number of sulfonamides is 1. The standard InChI is InChI=1S/C14H21NO5S/c1-11(2)13(14(16)17)15-21(18,19)9-8-20-10-12-6-4-3-5-7-12/h3-7,11,13,15H,8-10H2,1-2H3,(H,16,17). The van der Waals surface area contributed by atoms with Gasteiger partial charge in [-0.05, 0) is 11.5 Å². The van der Waals surface area contributed by atoms with Crippen LogP contribution in [-0.4, -0.2) is 37.9 Å². The molecule has 1 aromatic carbocycles. The van der Waals surface area contributed by atoms with Crippen molar-refractivity contribution < 1.29 is 23.1 Å². The fourth-order valence-corrected chi connectivity index (χ4v) is 2.87. The maximum absolute atomic E-state index is 11.8. The Bertz CT molecular complexity index is 542. The topological polar surface area (TPSA) is 92.7 Å². The normalized spacial score (nSPS) is 13.3. The lowest BCUT2D eigenvalue weighted by Gasteiger charge is -2.17. The predicted molar refractivity (Wildman–Crippen MR) is 79.3 cm³/mol. The largest absolute Gasteiger partial charge is 0.480 e. The zero-order valence-corrected chi connectivity index (χ0v) is 13.0. The van der Waals surface area contributed by atoms with Crippen LogP contribution in [0.25, 0.3) is 0 Å². The Morgan fingerprint density at radius 3 is 2.43 bits per heavy atom. The maximum atomic E-state index is 11.8. The molecule has 118 valence electrons. The second-order valence-electron chi connectivity index (χ2n) is 5.03. The summed E-state index contributed by atoms with van der Waals surface area (Å²) in [7, 11) is -3.68. The van der Waals surface area contributed by atoms with Gasteiger partial charge in [0.1, 0.15) is 6.04 Å². The van der Waals surface area contributed by atoms with Crippen molar-refractivity contribution in [2.45, 2.75) is 26.5 Å². The Balaban J connectivity index is 2.41. The number of rotatable bonds is 9. The highest BCUT2D eigenvalue weighted by Crippen LogP contribution is 2.05. The van der Waals surface area contributed by atoms with Gasteiger partial charge >= 0.3 is 5.97 Å². The third kappa shape index (κ3) is 6.70. The van der Waals surface area contributed by atoms with E-state index in [1.807, 2.05) is 30.3 Å². The summed E-state index contributed by atoms with van der Waals surface area (Å²) in [5, 5.41) is 8.97. The van der Waals surface area contributed by atoms with E-state index in [0.717, 1.165) is 5.56 Å². The number of hydrogen-bond donors (Lipinski definition) is 2. The highest BCUT2D eigenvalue weighted by Gasteiger charge is 2.26. The summed E-state index contributed by atoms with van der Waals surface area (Å²) in [6.45, 7) is 3.62. The monoisotopic (exact) mass is 315 g/mol. The first-order valence-electron chi connectivity index (χ1n) is 6.66. The Labute approximate surface area is 125 Å². The molecule has 0 saturated carbocycles. The molecule has 1 aromatic rings. The average molecular weight is 315 g/mol. The molecular weight excluding hydrogens is 294 g/mol. The summed E-state index contributed by atoms with van der Waals surface area (Å²) >= 11 is 0. The molecule has 0 aliphatic rings. The minimum Gasteiger partial charge on any atom is -0.480 e. The third-order valence-corrected chi connectivity index (χ3v) is 4.16. The zero-order chi connectivity index (χ0) is 15.9. The number of carboxylic acid groups (broad SMARTS) is 1. The number of carboxylic acids is 1. The number of hydrogen-bond acceptors (Lipinski definition) is 4. The summed E-state index contributed by atoms with van der Waals surface area (Å²) in [4.78, 5) is 11.0. The van der Waals surface area contributed by atoms with Gasteiger partial charge in [-0.1, -0.05) is 44.2 Å². The van der Waals surface area contributed by atoms with E-state index < -0.39 is 22.0 Å². The van der Waals surface area contributed by atoms with Crippen LogP contribution in [0.2, 0.25) is 0 Å². The van der Waals surface area contributed by atoms with E-state index in [-0.39, 0.29) is 18.3 Å². The van der Waals surface area contributed by atoms with Crippen LogP contribution in [0.15, 0.2) is 30.3 Å². The fraction of sp³-hybridized carbons (Fsp3) is 0.500. The molecule has 21 heavy (non-hydrogen) atoms. The van der Waals surface area contributed by atoms with Crippen molar-refractivity contribution in [2.75, 3.05) is 12.4 Å². The van der Waals surface area contributed by atoms with E-state index in [2.05, 4.69) is 4.72 Å². The van der Waals surface area contributed by atoms with Gasteiger partial charge < -0.3 is 9.84 Å². The van der Waals surface area contributed by atoms with Crippen molar-refractivity contribution >= 4 is 16.0 Å². The molecule has 6 nitrogen and oxygen atoms in total. The number of carbonyl (C=O) groups is 1.